The topological polar surface area (TPSA) is 52.8 Å². The van der Waals surface area contributed by atoms with E-state index >= 15 is 0 Å². The standard InChI is InChI=1S/C14H10F3NO2/c15-14(16,17)10-5-1-2-6-11(10)18-8-9-4-3-7-12(19)13(9)20/h1-8,19-20H. The average Bonchev–Trinajstić information content (AvgIpc) is 2.40. The van der Waals surface area contributed by atoms with E-state index in [-0.39, 0.29) is 17.0 Å². The number of rotatable bonds is 2. The summed E-state index contributed by atoms with van der Waals surface area (Å²) in [6, 6.07) is 8.99. The number of alkyl halides is 3. The minimum Gasteiger partial charge on any atom is -0.504 e. The number of hydrogen-bond acceptors (Lipinski definition) is 3. The molecule has 0 heterocycles. The third-order valence-electron chi connectivity index (χ3n) is 2.60. The van der Waals surface area contributed by atoms with Gasteiger partial charge in [-0.1, -0.05) is 18.2 Å². The van der Waals surface area contributed by atoms with Gasteiger partial charge in [-0.05, 0) is 24.3 Å². The van der Waals surface area contributed by atoms with Gasteiger partial charge < -0.3 is 10.2 Å². The highest BCUT2D eigenvalue weighted by atomic mass is 19.4. The van der Waals surface area contributed by atoms with Gasteiger partial charge in [-0.3, -0.25) is 4.99 Å². The van der Waals surface area contributed by atoms with Crippen molar-refractivity contribution in [3.05, 3.63) is 53.6 Å². The molecular weight excluding hydrogens is 271 g/mol. The number of nitrogens with zero attached hydrogens (tertiary/aromatic N) is 1. The Bertz CT molecular complexity index is 651. The van der Waals surface area contributed by atoms with Crippen LogP contribution in [-0.4, -0.2) is 16.4 Å². The summed E-state index contributed by atoms with van der Waals surface area (Å²) in [6.45, 7) is 0. The van der Waals surface area contributed by atoms with Gasteiger partial charge in [-0.15, -0.1) is 0 Å². The molecule has 0 bridgehead atoms. The van der Waals surface area contributed by atoms with E-state index < -0.39 is 17.5 Å². The molecule has 104 valence electrons. The third-order valence-corrected chi connectivity index (χ3v) is 2.60. The molecule has 0 spiro atoms. The van der Waals surface area contributed by atoms with Crippen molar-refractivity contribution >= 4 is 11.9 Å². The van der Waals surface area contributed by atoms with E-state index in [9.17, 15) is 23.4 Å². The zero-order valence-electron chi connectivity index (χ0n) is 10.1. The largest absolute Gasteiger partial charge is 0.504 e. The molecule has 2 aromatic rings. The maximum atomic E-state index is 12.8. The lowest BCUT2D eigenvalue weighted by Crippen LogP contribution is -2.04. The van der Waals surface area contributed by atoms with Gasteiger partial charge in [0.05, 0.1) is 11.3 Å². The summed E-state index contributed by atoms with van der Waals surface area (Å²) < 4.78 is 38.3. The smallest absolute Gasteiger partial charge is 0.418 e. The van der Waals surface area contributed by atoms with Crippen LogP contribution >= 0.6 is 0 Å². The summed E-state index contributed by atoms with van der Waals surface area (Å²) in [4.78, 5) is 3.73. The molecule has 0 atom stereocenters. The van der Waals surface area contributed by atoms with Crippen molar-refractivity contribution in [2.45, 2.75) is 6.18 Å². The van der Waals surface area contributed by atoms with Gasteiger partial charge in [-0.25, -0.2) is 0 Å². The van der Waals surface area contributed by atoms with E-state index in [1.165, 1.54) is 36.4 Å². The highest BCUT2D eigenvalue weighted by molar-refractivity contribution is 5.86. The van der Waals surface area contributed by atoms with Gasteiger partial charge in [0.15, 0.2) is 11.5 Å². The molecule has 20 heavy (non-hydrogen) atoms. The van der Waals surface area contributed by atoms with Gasteiger partial charge >= 0.3 is 6.18 Å². The molecule has 0 aliphatic rings. The van der Waals surface area contributed by atoms with Crippen LogP contribution in [0.4, 0.5) is 18.9 Å². The molecule has 0 saturated heterocycles. The highest BCUT2D eigenvalue weighted by Crippen LogP contribution is 2.36. The fourth-order valence-corrected chi connectivity index (χ4v) is 1.62. The van der Waals surface area contributed by atoms with Crippen LogP contribution in [0, 0.1) is 0 Å². The first-order valence-corrected chi connectivity index (χ1v) is 5.61. The Morgan fingerprint density at radius 3 is 2.35 bits per heavy atom. The predicted molar refractivity (Wildman–Crippen MR) is 68.5 cm³/mol. The quantitative estimate of drug-likeness (QED) is 0.648. The Morgan fingerprint density at radius 1 is 0.950 bits per heavy atom. The number of para-hydroxylation sites is 2. The van der Waals surface area contributed by atoms with Gasteiger partial charge in [0, 0.05) is 11.8 Å². The second-order valence-electron chi connectivity index (χ2n) is 3.99. The number of aromatic hydroxyl groups is 2. The lowest BCUT2D eigenvalue weighted by atomic mass is 10.1. The Morgan fingerprint density at radius 2 is 1.65 bits per heavy atom. The summed E-state index contributed by atoms with van der Waals surface area (Å²) in [6.07, 6.45) is -3.44. The average molecular weight is 281 g/mol. The molecule has 6 heteroatoms. The van der Waals surface area contributed by atoms with E-state index in [0.29, 0.717) is 0 Å². The maximum Gasteiger partial charge on any atom is 0.418 e. The zero-order chi connectivity index (χ0) is 14.8. The van der Waals surface area contributed by atoms with Crippen LogP contribution in [0.3, 0.4) is 0 Å². The zero-order valence-corrected chi connectivity index (χ0v) is 10.1. The Kier molecular flexibility index (Phi) is 3.65. The molecule has 0 saturated carbocycles. The van der Waals surface area contributed by atoms with Gasteiger partial charge in [0.2, 0.25) is 0 Å². The van der Waals surface area contributed by atoms with Crippen LogP contribution in [0.5, 0.6) is 11.5 Å². The van der Waals surface area contributed by atoms with Crippen molar-refractivity contribution in [2.24, 2.45) is 4.99 Å². The molecule has 3 nitrogen and oxygen atoms in total. The van der Waals surface area contributed by atoms with Crippen LogP contribution in [0.2, 0.25) is 0 Å². The van der Waals surface area contributed by atoms with Crippen molar-refractivity contribution in [1.29, 1.82) is 0 Å². The molecule has 0 amide bonds. The Hall–Kier alpha value is -2.50. The van der Waals surface area contributed by atoms with Crippen molar-refractivity contribution in [1.82, 2.24) is 0 Å². The second kappa shape index (κ2) is 5.24. The van der Waals surface area contributed by atoms with Crippen LogP contribution in [0.1, 0.15) is 11.1 Å². The van der Waals surface area contributed by atoms with Gasteiger partial charge in [0.25, 0.3) is 0 Å². The van der Waals surface area contributed by atoms with E-state index in [4.69, 9.17) is 0 Å². The van der Waals surface area contributed by atoms with Gasteiger partial charge in [-0.2, -0.15) is 13.2 Å². The number of halogens is 3. The minimum atomic E-state index is -4.51. The number of phenolic OH excluding ortho intramolecular Hbond substituents is 2. The minimum absolute atomic E-state index is 0.127. The van der Waals surface area contributed by atoms with Crippen molar-refractivity contribution in [3.63, 3.8) is 0 Å². The van der Waals surface area contributed by atoms with Crippen LogP contribution < -0.4 is 0 Å². The summed E-state index contributed by atoms with van der Waals surface area (Å²) in [5.41, 5.74) is -0.999. The first-order valence-electron chi connectivity index (χ1n) is 5.61. The fourth-order valence-electron chi connectivity index (χ4n) is 1.62. The predicted octanol–water partition coefficient (Wildman–Crippen LogP) is 3.87. The van der Waals surface area contributed by atoms with E-state index in [0.717, 1.165) is 12.3 Å². The summed E-state index contributed by atoms with van der Waals surface area (Å²) >= 11 is 0. The van der Waals surface area contributed by atoms with E-state index in [1.54, 1.807) is 0 Å². The molecule has 2 rings (SSSR count). The van der Waals surface area contributed by atoms with Crippen molar-refractivity contribution in [2.75, 3.05) is 0 Å². The molecule has 2 N–H and O–H groups in total. The summed E-state index contributed by atoms with van der Waals surface area (Å²) in [5, 5.41) is 18.8. The molecule has 2 aromatic carbocycles. The normalized spacial score (nSPS) is 11.9. The molecule has 0 fully saturated rings. The highest BCUT2D eigenvalue weighted by Gasteiger charge is 2.32. The van der Waals surface area contributed by atoms with Crippen LogP contribution in [0.15, 0.2) is 47.5 Å². The molecule has 0 aliphatic heterocycles. The second-order valence-corrected chi connectivity index (χ2v) is 3.99. The lowest BCUT2D eigenvalue weighted by Gasteiger charge is -2.09. The van der Waals surface area contributed by atoms with Crippen LogP contribution in [-0.2, 0) is 6.18 Å². The van der Waals surface area contributed by atoms with Gasteiger partial charge in [0.1, 0.15) is 0 Å². The molecule has 0 aliphatic carbocycles. The first kappa shape index (κ1) is 13.9. The summed E-state index contributed by atoms with van der Waals surface area (Å²) in [7, 11) is 0. The van der Waals surface area contributed by atoms with Crippen molar-refractivity contribution < 1.29 is 23.4 Å². The molecular formula is C14H10F3NO2. The third kappa shape index (κ3) is 2.90. The Labute approximate surface area is 112 Å². The SMILES string of the molecule is Oc1cccc(C=Nc2ccccc2C(F)(F)F)c1O. The number of phenols is 2. The first-order chi connectivity index (χ1) is 9.39. The van der Waals surface area contributed by atoms with Crippen molar-refractivity contribution in [3.8, 4) is 11.5 Å². The van der Waals surface area contributed by atoms with E-state index in [1.807, 2.05) is 0 Å². The molecule has 0 radical (unpaired) electrons. The molecule has 0 aromatic heterocycles. The summed E-state index contributed by atoms with van der Waals surface area (Å²) in [5.74, 6) is -0.793. The monoisotopic (exact) mass is 281 g/mol. The fraction of sp³-hybridized carbons (Fsp3) is 0.0714. The number of benzene rings is 2. The number of aliphatic imine (C=N–C) groups is 1. The van der Waals surface area contributed by atoms with E-state index in [2.05, 4.69) is 4.99 Å². The maximum absolute atomic E-state index is 12.8. The van der Waals surface area contributed by atoms with Crippen LogP contribution in [0.25, 0.3) is 0 Å². The number of hydrogen-bond donors (Lipinski definition) is 2. The molecule has 0 unspecified atom stereocenters. The Balaban J connectivity index is 2.40. The lowest BCUT2D eigenvalue weighted by molar-refractivity contribution is -0.137.